The number of thioether (sulfide) groups is 1. The number of rotatable bonds is 4. The highest BCUT2D eigenvalue weighted by Crippen LogP contribution is 2.19. The molecular formula is C15H14N4OS. The molecule has 5 nitrogen and oxygen atoms in total. The Hall–Kier alpha value is -2.34. The Morgan fingerprint density at radius 1 is 1.14 bits per heavy atom. The van der Waals surface area contributed by atoms with Crippen LogP contribution in [0, 0.1) is 0 Å². The molecule has 0 saturated carbocycles. The van der Waals surface area contributed by atoms with Gasteiger partial charge >= 0.3 is 0 Å². The summed E-state index contributed by atoms with van der Waals surface area (Å²) in [7, 11) is 1.78. The first-order valence-electron chi connectivity index (χ1n) is 6.50. The van der Waals surface area contributed by atoms with Gasteiger partial charge in [0.1, 0.15) is 0 Å². The molecule has 0 N–H and O–H groups in total. The Morgan fingerprint density at radius 2 is 1.90 bits per heavy atom. The molecule has 1 amide bonds. The van der Waals surface area contributed by atoms with Crippen molar-refractivity contribution in [3.8, 4) is 0 Å². The van der Waals surface area contributed by atoms with Gasteiger partial charge in [0.25, 0.3) is 0 Å². The van der Waals surface area contributed by atoms with E-state index < -0.39 is 0 Å². The number of carbonyl (C=O) groups excluding carboxylic acids is 1. The van der Waals surface area contributed by atoms with Crippen molar-refractivity contribution in [3.63, 3.8) is 0 Å². The third kappa shape index (κ3) is 2.90. The van der Waals surface area contributed by atoms with E-state index in [0.29, 0.717) is 5.75 Å². The fourth-order valence-corrected chi connectivity index (χ4v) is 2.77. The van der Waals surface area contributed by atoms with Crippen molar-refractivity contribution in [2.75, 3.05) is 17.7 Å². The van der Waals surface area contributed by atoms with E-state index >= 15 is 0 Å². The van der Waals surface area contributed by atoms with Gasteiger partial charge in [-0.1, -0.05) is 36.0 Å². The number of para-hydroxylation sites is 1. The molecule has 106 valence electrons. The number of hydrogen-bond acceptors (Lipinski definition) is 4. The summed E-state index contributed by atoms with van der Waals surface area (Å²) in [5.41, 5.74) is 1.66. The highest BCUT2D eigenvalue weighted by molar-refractivity contribution is 7.99. The average molecular weight is 298 g/mol. The van der Waals surface area contributed by atoms with Crippen molar-refractivity contribution in [2.24, 2.45) is 0 Å². The van der Waals surface area contributed by atoms with E-state index in [9.17, 15) is 4.79 Å². The molecule has 0 fully saturated rings. The van der Waals surface area contributed by atoms with E-state index in [1.165, 1.54) is 11.8 Å². The number of nitrogens with zero attached hydrogens (tertiary/aromatic N) is 4. The monoisotopic (exact) mass is 298 g/mol. The van der Waals surface area contributed by atoms with Crippen LogP contribution in [0.4, 0.5) is 5.69 Å². The normalized spacial score (nSPS) is 10.7. The van der Waals surface area contributed by atoms with Crippen LogP contribution >= 0.6 is 11.8 Å². The quantitative estimate of drug-likeness (QED) is 0.694. The molecule has 0 aliphatic carbocycles. The van der Waals surface area contributed by atoms with Crippen LogP contribution < -0.4 is 4.90 Å². The Bertz CT molecular complexity index is 756. The number of pyridine rings is 1. The van der Waals surface area contributed by atoms with Crippen LogP contribution in [-0.2, 0) is 4.79 Å². The minimum absolute atomic E-state index is 0.0267. The van der Waals surface area contributed by atoms with Crippen LogP contribution in [0.3, 0.4) is 0 Å². The lowest BCUT2D eigenvalue weighted by atomic mass is 10.3. The van der Waals surface area contributed by atoms with Crippen LogP contribution in [0.1, 0.15) is 0 Å². The average Bonchev–Trinajstić information content (AvgIpc) is 2.96. The van der Waals surface area contributed by atoms with E-state index in [2.05, 4.69) is 10.2 Å². The first kappa shape index (κ1) is 13.6. The molecule has 2 heterocycles. The van der Waals surface area contributed by atoms with E-state index in [1.54, 1.807) is 11.9 Å². The largest absolute Gasteiger partial charge is 0.315 e. The van der Waals surface area contributed by atoms with E-state index in [-0.39, 0.29) is 5.91 Å². The molecule has 3 rings (SSSR count). The predicted octanol–water partition coefficient (Wildman–Crippen LogP) is 2.48. The topological polar surface area (TPSA) is 50.5 Å². The molecule has 0 saturated heterocycles. The summed E-state index contributed by atoms with van der Waals surface area (Å²) in [6, 6.07) is 15.3. The van der Waals surface area contributed by atoms with Gasteiger partial charge in [0.15, 0.2) is 10.8 Å². The van der Waals surface area contributed by atoms with Gasteiger partial charge in [-0.25, -0.2) is 0 Å². The Kier molecular flexibility index (Phi) is 3.87. The molecular weight excluding hydrogens is 284 g/mol. The minimum atomic E-state index is 0.0267. The maximum Gasteiger partial charge on any atom is 0.237 e. The molecule has 3 aromatic rings. The SMILES string of the molecule is CN(C(=O)CSc1nnc2ccccn12)c1ccccc1. The summed E-state index contributed by atoms with van der Waals surface area (Å²) in [5.74, 6) is 0.347. The number of aromatic nitrogens is 3. The highest BCUT2D eigenvalue weighted by Gasteiger charge is 2.13. The third-order valence-corrected chi connectivity index (χ3v) is 4.05. The van der Waals surface area contributed by atoms with Crippen molar-refractivity contribution < 1.29 is 4.79 Å². The van der Waals surface area contributed by atoms with Crippen molar-refractivity contribution in [1.29, 1.82) is 0 Å². The molecule has 0 unspecified atom stereocenters. The molecule has 0 bridgehead atoms. The first-order valence-corrected chi connectivity index (χ1v) is 7.48. The van der Waals surface area contributed by atoms with Gasteiger partial charge in [0.05, 0.1) is 5.75 Å². The second kappa shape index (κ2) is 5.97. The van der Waals surface area contributed by atoms with Crippen molar-refractivity contribution in [2.45, 2.75) is 5.16 Å². The second-order valence-electron chi connectivity index (χ2n) is 4.49. The zero-order chi connectivity index (χ0) is 14.7. The lowest BCUT2D eigenvalue weighted by Gasteiger charge is -2.16. The summed E-state index contributed by atoms with van der Waals surface area (Å²) < 4.78 is 1.88. The predicted molar refractivity (Wildman–Crippen MR) is 83.6 cm³/mol. The van der Waals surface area contributed by atoms with Crippen LogP contribution in [-0.4, -0.2) is 33.3 Å². The van der Waals surface area contributed by atoms with Crippen LogP contribution in [0.5, 0.6) is 0 Å². The van der Waals surface area contributed by atoms with E-state index in [1.807, 2.05) is 59.1 Å². The summed E-state index contributed by atoms with van der Waals surface area (Å²) in [5, 5.41) is 8.89. The summed E-state index contributed by atoms with van der Waals surface area (Å²) in [4.78, 5) is 13.9. The van der Waals surface area contributed by atoms with E-state index in [4.69, 9.17) is 0 Å². The van der Waals surface area contributed by atoms with Crippen molar-refractivity contribution in [3.05, 3.63) is 54.7 Å². The smallest absolute Gasteiger partial charge is 0.237 e. The number of hydrogen-bond donors (Lipinski definition) is 0. The standard InChI is InChI=1S/C15H14N4OS/c1-18(12-7-3-2-4-8-12)14(20)11-21-15-17-16-13-9-5-6-10-19(13)15/h2-10H,11H2,1H3. The molecule has 0 radical (unpaired) electrons. The van der Waals surface area contributed by atoms with Gasteiger partial charge in [-0.05, 0) is 24.3 Å². The molecule has 0 atom stereocenters. The lowest BCUT2D eigenvalue weighted by molar-refractivity contribution is -0.115. The Morgan fingerprint density at radius 3 is 2.71 bits per heavy atom. The molecule has 2 aromatic heterocycles. The summed E-state index contributed by atoms with van der Waals surface area (Å²) in [6.07, 6.45) is 1.89. The van der Waals surface area contributed by atoms with Gasteiger partial charge < -0.3 is 4.90 Å². The third-order valence-electron chi connectivity index (χ3n) is 3.12. The molecule has 21 heavy (non-hydrogen) atoms. The van der Waals surface area contributed by atoms with Crippen LogP contribution in [0.2, 0.25) is 0 Å². The van der Waals surface area contributed by atoms with Crippen LogP contribution in [0.15, 0.2) is 59.9 Å². The molecule has 0 aliphatic heterocycles. The Labute approximate surface area is 126 Å². The van der Waals surface area contributed by atoms with Crippen molar-refractivity contribution >= 4 is 29.0 Å². The van der Waals surface area contributed by atoms with E-state index in [0.717, 1.165) is 16.5 Å². The fraction of sp³-hybridized carbons (Fsp3) is 0.133. The summed E-state index contributed by atoms with van der Waals surface area (Å²) in [6.45, 7) is 0. The van der Waals surface area contributed by atoms with Gasteiger partial charge in [-0.3, -0.25) is 9.20 Å². The number of fused-ring (bicyclic) bond motifs is 1. The Balaban J connectivity index is 1.69. The maximum absolute atomic E-state index is 12.2. The highest BCUT2D eigenvalue weighted by atomic mass is 32.2. The first-order chi connectivity index (χ1) is 10.3. The van der Waals surface area contributed by atoms with Gasteiger partial charge in [0.2, 0.25) is 5.91 Å². The molecule has 0 aliphatic rings. The zero-order valence-electron chi connectivity index (χ0n) is 11.5. The van der Waals surface area contributed by atoms with Gasteiger partial charge in [0, 0.05) is 18.9 Å². The second-order valence-corrected chi connectivity index (χ2v) is 5.43. The summed E-state index contributed by atoms with van der Waals surface area (Å²) >= 11 is 1.39. The fourth-order valence-electron chi connectivity index (χ4n) is 1.94. The molecule has 0 spiro atoms. The number of anilines is 1. The van der Waals surface area contributed by atoms with Crippen molar-refractivity contribution in [1.82, 2.24) is 14.6 Å². The minimum Gasteiger partial charge on any atom is -0.315 e. The molecule has 1 aromatic carbocycles. The van der Waals surface area contributed by atoms with Gasteiger partial charge in [-0.2, -0.15) is 0 Å². The molecule has 6 heteroatoms. The maximum atomic E-state index is 12.2. The number of amides is 1. The zero-order valence-corrected chi connectivity index (χ0v) is 12.3. The number of carbonyl (C=O) groups is 1. The van der Waals surface area contributed by atoms with Crippen LogP contribution in [0.25, 0.3) is 5.65 Å². The lowest BCUT2D eigenvalue weighted by Crippen LogP contribution is -2.27. The van der Waals surface area contributed by atoms with Gasteiger partial charge in [-0.15, -0.1) is 10.2 Å². The number of benzene rings is 1.